The molecule has 27 heavy (non-hydrogen) atoms. The lowest BCUT2D eigenvalue weighted by Gasteiger charge is -2.11. The second kappa shape index (κ2) is 6.67. The SMILES string of the molecule is NC(=O)c1ccc(-c2cnc(N)c(-c3ccc(C(F)(F)F)c(F)c3)n2)cc1. The smallest absolute Gasteiger partial charge is 0.382 e. The third-order valence-electron chi connectivity index (χ3n) is 3.81. The molecule has 1 aromatic heterocycles. The zero-order chi connectivity index (χ0) is 19.8. The highest BCUT2D eigenvalue weighted by Gasteiger charge is 2.34. The van der Waals surface area contributed by atoms with Crippen LogP contribution in [0.1, 0.15) is 15.9 Å². The summed E-state index contributed by atoms with van der Waals surface area (Å²) in [6.07, 6.45) is -3.44. The second-order valence-electron chi connectivity index (χ2n) is 5.62. The molecule has 1 amide bonds. The quantitative estimate of drug-likeness (QED) is 0.682. The van der Waals surface area contributed by atoms with E-state index in [0.717, 1.165) is 6.07 Å². The summed E-state index contributed by atoms with van der Waals surface area (Å²) in [6, 6.07) is 8.56. The van der Waals surface area contributed by atoms with E-state index in [9.17, 15) is 22.4 Å². The summed E-state index contributed by atoms with van der Waals surface area (Å²) in [5.74, 6) is -2.09. The molecule has 138 valence electrons. The standard InChI is InChI=1S/C18H12F4N4O/c19-13-7-11(5-6-12(13)18(20,21)22)15-16(23)25-8-14(26-15)9-1-3-10(4-2-9)17(24)27/h1-8H,(H2,23,25)(H2,24,27). The van der Waals surface area contributed by atoms with Crippen LogP contribution >= 0.6 is 0 Å². The summed E-state index contributed by atoms with van der Waals surface area (Å²) < 4.78 is 52.0. The van der Waals surface area contributed by atoms with Crippen molar-refractivity contribution in [2.24, 2.45) is 5.73 Å². The highest BCUT2D eigenvalue weighted by atomic mass is 19.4. The summed E-state index contributed by atoms with van der Waals surface area (Å²) in [4.78, 5) is 19.4. The first-order valence-corrected chi connectivity index (χ1v) is 7.56. The summed E-state index contributed by atoms with van der Waals surface area (Å²) in [5.41, 5.74) is 10.9. The number of nitrogens with zero attached hydrogens (tertiary/aromatic N) is 2. The van der Waals surface area contributed by atoms with Crippen LogP contribution in [0, 0.1) is 5.82 Å². The van der Waals surface area contributed by atoms with Gasteiger partial charge >= 0.3 is 6.18 Å². The van der Waals surface area contributed by atoms with Gasteiger partial charge in [-0.2, -0.15) is 13.2 Å². The molecule has 0 radical (unpaired) electrons. The Balaban J connectivity index is 2.03. The number of hydrogen-bond acceptors (Lipinski definition) is 4. The number of nitrogens with two attached hydrogens (primary N) is 2. The molecule has 0 atom stereocenters. The number of aromatic nitrogens is 2. The Morgan fingerprint density at radius 1 is 1.00 bits per heavy atom. The van der Waals surface area contributed by atoms with Gasteiger partial charge in [-0.15, -0.1) is 0 Å². The average Bonchev–Trinajstić information content (AvgIpc) is 2.61. The largest absolute Gasteiger partial charge is 0.419 e. The van der Waals surface area contributed by atoms with E-state index in [1.54, 1.807) is 12.1 Å². The molecule has 0 aliphatic carbocycles. The minimum absolute atomic E-state index is 0.0408. The van der Waals surface area contributed by atoms with Crippen molar-refractivity contribution in [3.8, 4) is 22.5 Å². The van der Waals surface area contributed by atoms with Crippen LogP contribution in [0.4, 0.5) is 23.4 Å². The molecule has 4 N–H and O–H groups in total. The van der Waals surface area contributed by atoms with Gasteiger partial charge in [-0.25, -0.2) is 14.4 Å². The Hall–Kier alpha value is -3.49. The maximum Gasteiger partial charge on any atom is 0.419 e. The van der Waals surface area contributed by atoms with Crippen molar-refractivity contribution in [1.29, 1.82) is 0 Å². The van der Waals surface area contributed by atoms with E-state index in [-0.39, 0.29) is 17.1 Å². The molecule has 0 saturated carbocycles. The van der Waals surface area contributed by atoms with E-state index in [0.29, 0.717) is 29.0 Å². The lowest BCUT2D eigenvalue weighted by atomic mass is 10.1. The molecule has 9 heteroatoms. The molecule has 3 aromatic rings. The number of nitrogen functional groups attached to an aromatic ring is 1. The molecule has 3 rings (SSSR count). The van der Waals surface area contributed by atoms with Crippen LogP contribution in [0.3, 0.4) is 0 Å². The normalized spacial score (nSPS) is 11.4. The number of rotatable bonds is 3. The second-order valence-corrected chi connectivity index (χ2v) is 5.62. The zero-order valence-corrected chi connectivity index (χ0v) is 13.6. The average molecular weight is 376 g/mol. The number of alkyl halides is 3. The Kier molecular flexibility index (Phi) is 4.52. The van der Waals surface area contributed by atoms with E-state index in [1.165, 1.54) is 18.3 Å². The van der Waals surface area contributed by atoms with Crippen molar-refractivity contribution in [3.63, 3.8) is 0 Å². The van der Waals surface area contributed by atoms with Crippen molar-refractivity contribution in [2.45, 2.75) is 6.18 Å². The lowest BCUT2D eigenvalue weighted by Crippen LogP contribution is -2.10. The van der Waals surface area contributed by atoms with Gasteiger partial charge in [-0.05, 0) is 24.3 Å². The van der Waals surface area contributed by atoms with Crippen molar-refractivity contribution in [3.05, 3.63) is 65.6 Å². The van der Waals surface area contributed by atoms with E-state index < -0.39 is 23.5 Å². The van der Waals surface area contributed by atoms with E-state index in [1.807, 2.05) is 0 Å². The molecule has 0 aliphatic heterocycles. The summed E-state index contributed by atoms with van der Waals surface area (Å²) >= 11 is 0. The van der Waals surface area contributed by atoms with Gasteiger partial charge in [0.1, 0.15) is 17.3 Å². The van der Waals surface area contributed by atoms with Gasteiger partial charge in [-0.3, -0.25) is 4.79 Å². The van der Waals surface area contributed by atoms with Gasteiger partial charge < -0.3 is 11.5 Å². The Bertz CT molecular complexity index is 1020. The lowest BCUT2D eigenvalue weighted by molar-refractivity contribution is -0.139. The molecule has 0 bridgehead atoms. The van der Waals surface area contributed by atoms with E-state index in [2.05, 4.69) is 9.97 Å². The molecule has 0 spiro atoms. The van der Waals surface area contributed by atoms with Crippen molar-refractivity contribution in [1.82, 2.24) is 9.97 Å². The van der Waals surface area contributed by atoms with Crippen molar-refractivity contribution >= 4 is 11.7 Å². The van der Waals surface area contributed by atoms with Crippen LogP contribution in [0.2, 0.25) is 0 Å². The fourth-order valence-corrected chi connectivity index (χ4v) is 2.45. The van der Waals surface area contributed by atoms with Crippen LogP contribution in [0.15, 0.2) is 48.7 Å². The molecule has 5 nitrogen and oxygen atoms in total. The fraction of sp³-hybridized carbons (Fsp3) is 0.0556. The number of anilines is 1. The summed E-state index contributed by atoms with van der Waals surface area (Å²) in [7, 11) is 0. The summed E-state index contributed by atoms with van der Waals surface area (Å²) in [5, 5.41) is 0. The number of amides is 1. The van der Waals surface area contributed by atoms with Crippen molar-refractivity contribution in [2.75, 3.05) is 5.73 Å². The van der Waals surface area contributed by atoms with Gasteiger partial charge in [0.2, 0.25) is 5.91 Å². The van der Waals surface area contributed by atoms with Gasteiger partial charge in [-0.1, -0.05) is 18.2 Å². The van der Waals surface area contributed by atoms with Crippen LogP contribution in [-0.4, -0.2) is 15.9 Å². The predicted octanol–water partition coefficient (Wildman–Crippen LogP) is 3.65. The first-order chi connectivity index (χ1) is 12.7. The fourth-order valence-electron chi connectivity index (χ4n) is 2.45. The Morgan fingerprint density at radius 3 is 2.19 bits per heavy atom. The van der Waals surface area contributed by atoms with Gasteiger partial charge in [0.25, 0.3) is 0 Å². The predicted molar refractivity (Wildman–Crippen MR) is 90.8 cm³/mol. The number of carbonyl (C=O) groups is 1. The molecule has 1 heterocycles. The maximum absolute atomic E-state index is 13.9. The highest BCUT2D eigenvalue weighted by Crippen LogP contribution is 2.34. The molecule has 0 fully saturated rings. The van der Waals surface area contributed by atoms with Crippen LogP contribution < -0.4 is 11.5 Å². The molecule has 0 unspecified atom stereocenters. The number of primary amides is 1. The third kappa shape index (κ3) is 3.71. The van der Waals surface area contributed by atoms with Gasteiger partial charge in [0, 0.05) is 16.7 Å². The van der Waals surface area contributed by atoms with Gasteiger partial charge in [0.05, 0.1) is 17.5 Å². The minimum Gasteiger partial charge on any atom is -0.382 e. The number of benzene rings is 2. The molecule has 0 aliphatic rings. The third-order valence-corrected chi connectivity index (χ3v) is 3.81. The minimum atomic E-state index is -4.80. The molecular weight excluding hydrogens is 364 g/mol. The zero-order valence-electron chi connectivity index (χ0n) is 13.6. The molecular formula is C18H12F4N4O. The number of carbonyl (C=O) groups excluding carboxylic acids is 1. The highest BCUT2D eigenvalue weighted by molar-refractivity contribution is 5.93. The Labute approximate surface area is 150 Å². The van der Waals surface area contributed by atoms with Crippen LogP contribution in [0.25, 0.3) is 22.5 Å². The monoisotopic (exact) mass is 376 g/mol. The number of hydrogen-bond donors (Lipinski definition) is 2. The molecule has 2 aromatic carbocycles. The maximum atomic E-state index is 13.9. The Morgan fingerprint density at radius 2 is 1.63 bits per heavy atom. The first kappa shape index (κ1) is 18.3. The molecule has 0 saturated heterocycles. The summed E-state index contributed by atoms with van der Waals surface area (Å²) in [6.45, 7) is 0. The van der Waals surface area contributed by atoms with Crippen LogP contribution in [0.5, 0.6) is 0 Å². The van der Waals surface area contributed by atoms with Crippen LogP contribution in [-0.2, 0) is 6.18 Å². The van der Waals surface area contributed by atoms with E-state index in [4.69, 9.17) is 11.5 Å². The number of halogens is 4. The first-order valence-electron chi connectivity index (χ1n) is 7.56. The van der Waals surface area contributed by atoms with E-state index >= 15 is 0 Å². The van der Waals surface area contributed by atoms with Gasteiger partial charge in [0.15, 0.2) is 0 Å². The van der Waals surface area contributed by atoms with Crippen molar-refractivity contribution < 1.29 is 22.4 Å². The topological polar surface area (TPSA) is 94.9 Å².